The third kappa shape index (κ3) is 4.91. The van der Waals surface area contributed by atoms with Gasteiger partial charge in [-0.05, 0) is 44.9 Å². The van der Waals surface area contributed by atoms with Crippen molar-refractivity contribution in [3.8, 4) is 0 Å². The fourth-order valence-electron chi connectivity index (χ4n) is 4.55. The fraction of sp³-hybridized carbons (Fsp3) is 0.667. The summed E-state index contributed by atoms with van der Waals surface area (Å²) >= 11 is 6.28. The van der Waals surface area contributed by atoms with Crippen LogP contribution in [0.5, 0.6) is 0 Å². The average molecular weight is 473 g/mol. The van der Waals surface area contributed by atoms with Crippen molar-refractivity contribution in [2.24, 2.45) is 5.92 Å². The van der Waals surface area contributed by atoms with Crippen molar-refractivity contribution in [2.75, 3.05) is 39.4 Å². The Morgan fingerprint density at radius 3 is 2.45 bits per heavy atom. The van der Waals surface area contributed by atoms with E-state index in [1.807, 2.05) is 13.8 Å². The van der Waals surface area contributed by atoms with E-state index in [9.17, 15) is 13.2 Å². The lowest BCUT2D eigenvalue weighted by molar-refractivity contribution is -0.0969. The molecule has 8 nitrogen and oxygen atoms in total. The van der Waals surface area contributed by atoms with Gasteiger partial charge in [0.15, 0.2) is 6.29 Å². The number of hydrogen-bond donors (Lipinski definition) is 0. The predicted molar refractivity (Wildman–Crippen MR) is 115 cm³/mol. The molecule has 0 saturated carbocycles. The molecule has 1 aromatic carbocycles. The van der Waals surface area contributed by atoms with Gasteiger partial charge in [0.05, 0.1) is 30.4 Å². The first-order valence-corrected chi connectivity index (χ1v) is 12.5. The Balaban J connectivity index is 1.55. The third-order valence-electron chi connectivity index (χ3n) is 5.96. The minimum Gasteiger partial charge on any atom is -0.373 e. The van der Waals surface area contributed by atoms with Crippen LogP contribution < -0.4 is 0 Å². The maximum atomic E-state index is 13.3. The minimum absolute atomic E-state index is 0.0441. The lowest BCUT2D eigenvalue weighted by atomic mass is 9.96. The van der Waals surface area contributed by atoms with Crippen LogP contribution in [0.3, 0.4) is 0 Å². The van der Waals surface area contributed by atoms with Crippen LogP contribution in [0.25, 0.3) is 0 Å². The van der Waals surface area contributed by atoms with Crippen molar-refractivity contribution in [3.05, 3.63) is 28.8 Å². The lowest BCUT2D eigenvalue weighted by Crippen LogP contribution is -2.48. The number of piperidine rings is 1. The largest absolute Gasteiger partial charge is 0.373 e. The monoisotopic (exact) mass is 472 g/mol. The number of benzene rings is 1. The molecular weight excluding hydrogens is 444 g/mol. The Morgan fingerprint density at radius 1 is 1.10 bits per heavy atom. The zero-order valence-corrected chi connectivity index (χ0v) is 19.4. The number of carbonyl (C=O) groups excluding carboxylic acids is 1. The number of rotatable bonds is 4. The molecule has 0 N–H and O–H groups in total. The van der Waals surface area contributed by atoms with Crippen LogP contribution >= 0.6 is 11.6 Å². The van der Waals surface area contributed by atoms with Gasteiger partial charge in [-0.3, -0.25) is 4.79 Å². The standard InChI is InChI=1S/C21H29ClN2O6S/c1-14-11-24(12-15(2)30-14)31(26,27)19-10-16(5-6-18(19)22)20(25)23-7-3-4-17(13-23)21-28-8-9-29-21/h5-6,10,14-15,17,21H,3-4,7-9,11-13H2,1-2H3. The van der Waals surface area contributed by atoms with Crippen LogP contribution in [-0.4, -0.2) is 81.4 Å². The molecule has 3 fully saturated rings. The van der Waals surface area contributed by atoms with Gasteiger partial charge in [-0.15, -0.1) is 0 Å². The molecule has 1 amide bonds. The van der Waals surface area contributed by atoms with Gasteiger partial charge < -0.3 is 19.1 Å². The van der Waals surface area contributed by atoms with Crippen molar-refractivity contribution in [3.63, 3.8) is 0 Å². The van der Waals surface area contributed by atoms with Gasteiger partial charge in [-0.25, -0.2) is 8.42 Å². The highest BCUT2D eigenvalue weighted by atomic mass is 35.5. The molecule has 3 heterocycles. The van der Waals surface area contributed by atoms with E-state index in [-0.39, 0.29) is 53.3 Å². The molecule has 3 unspecified atom stereocenters. The molecule has 3 aliphatic rings. The van der Waals surface area contributed by atoms with E-state index in [1.165, 1.54) is 16.4 Å². The molecular formula is C21H29ClN2O6S. The Labute approximate surface area is 188 Å². The Bertz CT molecular complexity index is 910. The quantitative estimate of drug-likeness (QED) is 0.668. The summed E-state index contributed by atoms with van der Waals surface area (Å²) in [6.45, 7) is 6.46. The van der Waals surface area contributed by atoms with Gasteiger partial charge >= 0.3 is 0 Å². The number of ether oxygens (including phenoxy) is 3. The SMILES string of the molecule is CC1CN(S(=O)(=O)c2cc(C(=O)N3CCCC(C4OCCO4)C3)ccc2Cl)CC(C)O1. The van der Waals surface area contributed by atoms with Crippen LogP contribution in [0.4, 0.5) is 0 Å². The molecule has 0 aromatic heterocycles. The highest BCUT2D eigenvalue weighted by Gasteiger charge is 2.36. The van der Waals surface area contributed by atoms with Crippen LogP contribution in [0, 0.1) is 5.92 Å². The smallest absolute Gasteiger partial charge is 0.253 e. The topological polar surface area (TPSA) is 85.4 Å². The maximum absolute atomic E-state index is 13.3. The van der Waals surface area contributed by atoms with E-state index in [0.29, 0.717) is 31.9 Å². The predicted octanol–water partition coefficient (Wildman–Crippen LogP) is 2.36. The first-order valence-electron chi connectivity index (χ1n) is 10.7. The fourth-order valence-corrected chi connectivity index (χ4v) is 6.64. The van der Waals surface area contributed by atoms with Crippen molar-refractivity contribution < 1.29 is 27.4 Å². The first-order chi connectivity index (χ1) is 14.8. The summed E-state index contributed by atoms with van der Waals surface area (Å²) in [7, 11) is -3.86. The van der Waals surface area contributed by atoms with Gasteiger partial charge in [0.25, 0.3) is 5.91 Å². The molecule has 3 aliphatic heterocycles. The second kappa shape index (κ2) is 9.33. The summed E-state index contributed by atoms with van der Waals surface area (Å²) in [6.07, 6.45) is 1.08. The lowest BCUT2D eigenvalue weighted by Gasteiger charge is -2.35. The van der Waals surface area contributed by atoms with E-state index in [2.05, 4.69) is 0 Å². The number of halogens is 1. The third-order valence-corrected chi connectivity index (χ3v) is 8.27. The van der Waals surface area contributed by atoms with Crippen molar-refractivity contribution in [1.29, 1.82) is 0 Å². The Morgan fingerprint density at radius 2 is 1.77 bits per heavy atom. The zero-order chi connectivity index (χ0) is 22.2. The second-order valence-corrected chi connectivity index (χ2v) is 10.8. The summed E-state index contributed by atoms with van der Waals surface area (Å²) in [4.78, 5) is 14.9. The van der Waals surface area contributed by atoms with E-state index in [4.69, 9.17) is 25.8 Å². The van der Waals surface area contributed by atoms with Crippen molar-refractivity contribution in [2.45, 2.75) is 50.1 Å². The molecule has 0 aliphatic carbocycles. The number of carbonyl (C=O) groups is 1. The van der Waals surface area contributed by atoms with Crippen LogP contribution in [-0.2, 0) is 24.2 Å². The first kappa shape index (κ1) is 22.9. The average Bonchev–Trinajstić information content (AvgIpc) is 3.28. The molecule has 0 spiro atoms. The molecule has 31 heavy (non-hydrogen) atoms. The molecule has 172 valence electrons. The number of hydrogen-bond acceptors (Lipinski definition) is 6. The van der Waals surface area contributed by atoms with Gasteiger partial charge in [-0.1, -0.05) is 11.6 Å². The van der Waals surface area contributed by atoms with E-state index < -0.39 is 10.0 Å². The summed E-state index contributed by atoms with van der Waals surface area (Å²) in [5, 5.41) is 0.104. The minimum atomic E-state index is -3.86. The van der Waals surface area contributed by atoms with Crippen LogP contribution in [0.1, 0.15) is 37.0 Å². The Hall–Kier alpha value is -1.23. The van der Waals surface area contributed by atoms with Gasteiger partial charge in [0.2, 0.25) is 10.0 Å². The normalized spacial score (nSPS) is 28.7. The number of likely N-dealkylation sites (tertiary alicyclic amines) is 1. The zero-order valence-electron chi connectivity index (χ0n) is 17.8. The molecule has 1 aromatic rings. The van der Waals surface area contributed by atoms with Gasteiger partial charge in [0, 0.05) is 37.7 Å². The van der Waals surface area contributed by atoms with Crippen molar-refractivity contribution in [1.82, 2.24) is 9.21 Å². The Kier molecular flexibility index (Phi) is 6.90. The summed E-state index contributed by atoms with van der Waals surface area (Å²) in [5.74, 6) is -0.0912. The molecule has 0 bridgehead atoms. The molecule has 10 heteroatoms. The van der Waals surface area contributed by atoms with Gasteiger partial charge in [0.1, 0.15) is 4.90 Å². The molecule has 3 saturated heterocycles. The van der Waals surface area contributed by atoms with Gasteiger partial charge in [-0.2, -0.15) is 4.31 Å². The number of sulfonamides is 1. The van der Waals surface area contributed by atoms with Crippen LogP contribution in [0.2, 0.25) is 5.02 Å². The number of nitrogens with zero attached hydrogens (tertiary/aromatic N) is 2. The maximum Gasteiger partial charge on any atom is 0.253 e. The summed E-state index contributed by atoms with van der Waals surface area (Å²) in [5.41, 5.74) is 0.311. The molecule has 0 radical (unpaired) electrons. The highest BCUT2D eigenvalue weighted by molar-refractivity contribution is 7.89. The van der Waals surface area contributed by atoms with Crippen molar-refractivity contribution >= 4 is 27.5 Å². The molecule has 3 atom stereocenters. The van der Waals surface area contributed by atoms with E-state index >= 15 is 0 Å². The van der Waals surface area contributed by atoms with E-state index in [1.54, 1.807) is 11.0 Å². The summed E-state index contributed by atoms with van der Waals surface area (Å²) < 4.78 is 44.9. The number of amides is 1. The summed E-state index contributed by atoms with van der Waals surface area (Å²) in [6, 6.07) is 4.47. The number of morpholine rings is 1. The second-order valence-electron chi connectivity index (χ2n) is 8.49. The molecule has 4 rings (SSSR count). The van der Waals surface area contributed by atoms with Crippen LogP contribution in [0.15, 0.2) is 23.1 Å². The van der Waals surface area contributed by atoms with E-state index in [0.717, 1.165) is 12.8 Å². The highest BCUT2D eigenvalue weighted by Crippen LogP contribution is 2.30.